The van der Waals surface area contributed by atoms with Gasteiger partial charge in [0.05, 0.1) is 6.54 Å². The zero-order chi connectivity index (χ0) is 15.5. The summed E-state index contributed by atoms with van der Waals surface area (Å²) in [6.45, 7) is 3.15. The molecule has 8 heteroatoms. The second kappa shape index (κ2) is 13.2. The van der Waals surface area contributed by atoms with Gasteiger partial charge >= 0.3 is 0 Å². The molecular formula is C14H30IN5OS. The number of piperidine rings is 1. The lowest BCUT2D eigenvalue weighted by Gasteiger charge is -2.32. The minimum absolute atomic E-state index is 0. The van der Waals surface area contributed by atoms with Crippen molar-refractivity contribution in [3.05, 3.63) is 0 Å². The Morgan fingerprint density at radius 1 is 1.36 bits per heavy atom. The van der Waals surface area contributed by atoms with E-state index in [0.29, 0.717) is 12.6 Å². The predicted molar refractivity (Wildman–Crippen MR) is 106 cm³/mol. The Balaban J connectivity index is 0.00000441. The van der Waals surface area contributed by atoms with Gasteiger partial charge in [-0.15, -0.1) is 24.0 Å². The van der Waals surface area contributed by atoms with E-state index in [1.807, 2.05) is 11.8 Å². The Hall–Kier alpha value is -0.220. The molecule has 0 aliphatic carbocycles. The summed E-state index contributed by atoms with van der Waals surface area (Å²) in [5.74, 6) is 1.85. The molecule has 0 aromatic heterocycles. The van der Waals surface area contributed by atoms with Crippen molar-refractivity contribution in [3.63, 3.8) is 0 Å². The van der Waals surface area contributed by atoms with E-state index >= 15 is 0 Å². The summed E-state index contributed by atoms with van der Waals surface area (Å²) in [6.07, 6.45) is 6.56. The topological polar surface area (TPSA) is 82.8 Å². The van der Waals surface area contributed by atoms with E-state index in [1.165, 1.54) is 18.6 Å². The molecule has 0 bridgehead atoms. The minimum atomic E-state index is -0.246. The molecule has 0 atom stereocenters. The number of rotatable bonds is 8. The van der Waals surface area contributed by atoms with Crippen molar-refractivity contribution in [2.45, 2.75) is 31.7 Å². The molecule has 1 rings (SSSR count). The molecule has 0 aromatic carbocycles. The maximum atomic E-state index is 10.9. The number of nitrogens with two attached hydrogens (primary N) is 1. The van der Waals surface area contributed by atoms with Crippen LogP contribution in [-0.4, -0.2) is 68.0 Å². The first-order valence-electron chi connectivity index (χ1n) is 7.62. The fourth-order valence-corrected chi connectivity index (χ4v) is 2.91. The maximum Gasteiger partial charge on any atom is 0.231 e. The lowest BCUT2D eigenvalue weighted by molar-refractivity contribution is -0.119. The number of aliphatic imine (C=N–C) groups is 1. The predicted octanol–water partition coefficient (Wildman–Crippen LogP) is 0.862. The van der Waals surface area contributed by atoms with Crippen molar-refractivity contribution in [1.82, 2.24) is 15.5 Å². The van der Waals surface area contributed by atoms with Gasteiger partial charge in [-0.25, -0.2) is 0 Å². The van der Waals surface area contributed by atoms with E-state index < -0.39 is 0 Å². The van der Waals surface area contributed by atoms with Gasteiger partial charge in [-0.2, -0.15) is 11.8 Å². The number of guanidine groups is 1. The molecule has 1 heterocycles. The van der Waals surface area contributed by atoms with Crippen LogP contribution < -0.4 is 16.4 Å². The molecule has 22 heavy (non-hydrogen) atoms. The number of halogens is 1. The molecule has 130 valence electrons. The normalized spacial score (nSPS) is 16.9. The van der Waals surface area contributed by atoms with Gasteiger partial charge < -0.3 is 16.4 Å². The van der Waals surface area contributed by atoms with Crippen molar-refractivity contribution >= 4 is 47.6 Å². The van der Waals surface area contributed by atoms with E-state index in [4.69, 9.17) is 5.73 Å². The van der Waals surface area contributed by atoms with Crippen LogP contribution in [0.25, 0.3) is 0 Å². The van der Waals surface area contributed by atoms with Crippen LogP contribution in [0.2, 0.25) is 0 Å². The van der Waals surface area contributed by atoms with Gasteiger partial charge in [0.1, 0.15) is 0 Å². The zero-order valence-corrected chi connectivity index (χ0v) is 16.8. The minimum Gasteiger partial charge on any atom is -0.369 e. The Bertz CT molecular complexity index is 335. The van der Waals surface area contributed by atoms with Crippen LogP contribution in [-0.2, 0) is 4.79 Å². The highest BCUT2D eigenvalue weighted by molar-refractivity contribution is 14.0. The molecule has 1 saturated heterocycles. The largest absolute Gasteiger partial charge is 0.369 e. The number of hydrogen-bond donors (Lipinski definition) is 3. The third-order valence-corrected chi connectivity index (χ3v) is 4.30. The highest BCUT2D eigenvalue weighted by Crippen LogP contribution is 2.09. The summed E-state index contributed by atoms with van der Waals surface area (Å²) in [6, 6.07) is 0.423. The van der Waals surface area contributed by atoms with E-state index in [1.54, 1.807) is 7.05 Å². The summed E-state index contributed by atoms with van der Waals surface area (Å²) in [7, 11) is 1.81. The average Bonchev–Trinajstić information content (AvgIpc) is 2.47. The molecule has 1 fully saturated rings. The number of likely N-dealkylation sites (tertiary alicyclic amines) is 1. The van der Waals surface area contributed by atoms with Gasteiger partial charge in [0.15, 0.2) is 5.96 Å². The number of primary amides is 1. The molecule has 0 unspecified atom stereocenters. The molecule has 1 amide bonds. The smallest absolute Gasteiger partial charge is 0.231 e. The van der Waals surface area contributed by atoms with Crippen molar-refractivity contribution in [3.8, 4) is 0 Å². The number of unbranched alkanes of at least 4 members (excludes halogenated alkanes) is 1. The Labute approximate surface area is 155 Å². The van der Waals surface area contributed by atoms with Gasteiger partial charge in [-0.3, -0.25) is 14.7 Å². The lowest BCUT2D eigenvalue weighted by Crippen LogP contribution is -2.49. The first-order chi connectivity index (χ1) is 10.2. The summed E-state index contributed by atoms with van der Waals surface area (Å²) >= 11 is 1.89. The van der Waals surface area contributed by atoms with Crippen LogP contribution >= 0.6 is 35.7 Å². The van der Waals surface area contributed by atoms with Gasteiger partial charge in [0.25, 0.3) is 0 Å². The fourth-order valence-electron chi connectivity index (χ4n) is 2.42. The Kier molecular flexibility index (Phi) is 13.1. The molecule has 4 N–H and O–H groups in total. The van der Waals surface area contributed by atoms with Crippen molar-refractivity contribution in [1.29, 1.82) is 0 Å². The van der Waals surface area contributed by atoms with Crippen molar-refractivity contribution < 1.29 is 4.79 Å². The monoisotopic (exact) mass is 443 g/mol. The first kappa shape index (κ1) is 21.8. The van der Waals surface area contributed by atoms with Gasteiger partial charge in [-0.05, 0) is 37.7 Å². The first-order valence-corrected chi connectivity index (χ1v) is 9.02. The van der Waals surface area contributed by atoms with Crippen LogP contribution in [0.3, 0.4) is 0 Å². The fraction of sp³-hybridized carbons (Fsp3) is 0.857. The molecule has 0 radical (unpaired) electrons. The number of carbonyl (C=O) groups excluding carboxylic acids is 1. The number of carbonyl (C=O) groups is 1. The molecule has 1 aliphatic heterocycles. The molecule has 1 aliphatic rings. The molecule has 0 saturated carbocycles. The van der Waals surface area contributed by atoms with Crippen molar-refractivity contribution in [2.75, 3.05) is 45.2 Å². The van der Waals surface area contributed by atoms with E-state index in [-0.39, 0.29) is 29.9 Å². The summed E-state index contributed by atoms with van der Waals surface area (Å²) in [5.41, 5.74) is 5.22. The lowest BCUT2D eigenvalue weighted by atomic mass is 10.1. The van der Waals surface area contributed by atoms with Crippen LogP contribution in [0.5, 0.6) is 0 Å². The van der Waals surface area contributed by atoms with Crippen LogP contribution in [0.15, 0.2) is 4.99 Å². The second-order valence-corrected chi connectivity index (χ2v) is 6.35. The van der Waals surface area contributed by atoms with E-state index in [2.05, 4.69) is 26.8 Å². The number of nitrogens with one attached hydrogen (secondary N) is 2. The number of amides is 1. The van der Waals surface area contributed by atoms with E-state index in [0.717, 1.165) is 38.4 Å². The van der Waals surface area contributed by atoms with Gasteiger partial charge in [0.2, 0.25) is 5.91 Å². The van der Waals surface area contributed by atoms with Gasteiger partial charge in [-0.1, -0.05) is 0 Å². The molecule has 0 spiro atoms. The average molecular weight is 443 g/mol. The number of hydrogen-bond acceptors (Lipinski definition) is 4. The van der Waals surface area contributed by atoms with Crippen LogP contribution in [0, 0.1) is 0 Å². The third kappa shape index (κ3) is 9.73. The molecular weight excluding hydrogens is 413 g/mol. The summed E-state index contributed by atoms with van der Waals surface area (Å²) in [4.78, 5) is 17.3. The standard InChI is InChI=1S/C14H29N5OS.HI/c1-16-14(17-7-3-4-10-21-2)18-12-5-8-19(9-6-12)11-13(15)20;/h12H,3-11H2,1-2H3,(H2,15,20)(H2,16,17,18);1H. The van der Waals surface area contributed by atoms with E-state index in [9.17, 15) is 4.79 Å². The maximum absolute atomic E-state index is 10.9. The SMILES string of the molecule is CN=C(NCCCCSC)NC1CCN(CC(N)=O)CC1.I. The second-order valence-electron chi connectivity index (χ2n) is 5.36. The Morgan fingerprint density at radius 2 is 2.05 bits per heavy atom. The molecule has 0 aromatic rings. The zero-order valence-electron chi connectivity index (χ0n) is 13.6. The molecule has 6 nitrogen and oxygen atoms in total. The summed E-state index contributed by atoms with van der Waals surface area (Å²) < 4.78 is 0. The third-order valence-electron chi connectivity index (χ3n) is 3.60. The van der Waals surface area contributed by atoms with Gasteiger partial charge in [0, 0.05) is 32.7 Å². The quantitative estimate of drug-likeness (QED) is 0.224. The van der Waals surface area contributed by atoms with Crippen LogP contribution in [0.1, 0.15) is 25.7 Å². The number of thioether (sulfide) groups is 1. The van der Waals surface area contributed by atoms with Crippen LogP contribution in [0.4, 0.5) is 0 Å². The Morgan fingerprint density at radius 3 is 2.59 bits per heavy atom. The number of nitrogens with zero attached hydrogens (tertiary/aromatic N) is 2. The highest BCUT2D eigenvalue weighted by Gasteiger charge is 2.20. The summed E-state index contributed by atoms with van der Waals surface area (Å²) in [5, 5.41) is 6.82. The van der Waals surface area contributed by atoms with Crippen molar-refractivity contribution in [2.24, 2.45) is 10.7 Å². The highest BCUT2D eigenvalue weighted by atomic mass is 127.